The summed E-state index contributed by atoms with van der Waals surface area (Å²) in [5.74, 6) is 3.21. The van der Waals surface area contributed by atoms with E-state index in [9.17, 15) is 18.4 Å². The molecule has 1 atom stereocenters. The van der Waals surface area contributed by atoms with E-state index in [1.54, 1.807) is 25.4 Å². The van der Waals surface area contributed by atoms with Crippen LogP contribution in [0.25, 0.3) is 11.0 Å². The van der Waals surface area contributed by atoms with Gasteiger partial charge in [-0.1, -0.05) is 17.9 Å². The Kier molecular flexibility index (Phi) is 6.13. The van der Waals surface area contributed by atoms with Gasteiger partial charge >= 0.3 is 0 Å². The fourth-order valence-corrected chi connectivity index (χ4v) is 4.71. The van der Waals surface area contributed by atoms with E-state index in [2.05, 4.69) is 21.8 Å². The molecule has 0 spiro atoms. The zero-order valence-corrected chi connectivity index (χ0v) is 20.1. The number of nitrogens with two attached hydrogens (primary N) is 2. The SMILES string of the molecule is Cn1cccc(C(CC#Cc2c(C(N)=O)cnc3[nH]c(C4(CN)CC4)cc23)c2cc(F)ccc2F)c1=O. The van der Waals surface area contributed by atoms with E-state index in [1.807, 2.05) is 6.07 Å². The second kappa shape index (κ2) is 9.30. The first kappa shape index (κ1) is 24.4. The molecular weight excluding hydrogens is 476 g/mol. The zero-order chi connectivity index (χ0) is 26.3. The molecule has 0 bridgehead atoms. The van der Waals surface area contributed by atoms with Crippen molar-refractivity contribution in [3.05, 3.63) is 98.7 Å². The van der Waals surface area contributed by atoms with Crippen LogP contribution in [-0.2, 0) is 12.5 Å². The topological polar surface area (TPSA) is 120 Å². The number of carbonyl (C=O) groups is 1. The smallest absolute Gasteiger partial charge is 0.254 e. The Morgan fingerprint density at radius 1 is 1.24 bits per heavy atom. The standard InChI is InChI=1S/C28H25F2N5O2/c1-35-11-3-6-19(27(35)37)17(20-12-16(29)7-8-23(20)30)4-2-5-18-21-13-24(28(15-31)9-10-28)34-26(21)33-14-22(18)25(32)36/h3,6-8,11-14,17H,4,9-10,15,31H2,1H3,(H2,32,36)(H,33,34). The lowest BCUT2D eigenvalue weighted by Crippen LogP contribution is -2.23. The molecule has 3 aromatic heterocycles. The average Bonchev–Trinajstić information content (AvgIpc) is 3.56. The molecule has 188 valence electrons. The van der Waals surface area contributed by atoms with Crippen LogP contribution in [0.1, 0.15) is 57.9 Å². The van der Waals surface area contributed by atoms with Crippen LogP contribution in [0.4, 0.5) is 8.78 Å². The quantitative estimate of drug-likeness (QED) is 0.352. The van der Waals surface area contributed by atoms with Gasteiger partial charge in [-0.05, 0) is 48.7 Å². The number of hydrogen-bond donors (Lipinski definition) is 3. The number of benzene rings is 1. The zero-order valence-electron chi connectivity index (χ0n) is 20.1. The molecule has 0 saturated heterocycles. The summed E-state index contributed by atoms with van der Waals surface area (Å²) in [5, 5.41) is 0.627. The Labute approximate surface area is 211 Å². The highest BCUT2D eigenvalue weighted by molar-refractivity contribution is 6.00. The van der Waals surface area contributed by atoms with E-state index in [0.29, 0.717) is 23.1 Å². The molecule has 1 aliphatic carbocycles. The summed E-state index contributed by atoms with van der Waals surface area (Å²) < 4.78 is 30.3. The molecule has 1 aromatic carbocycles. The van der Waals surface area contributed by atoms with Gasteiger partial charge in [-0.25, -0.2) is 13.8 Å². The van der Waals surface area contributed by atoms with E-state index < -0.39 is 23.5 Å². The molecule has 9 heteroatoms. The van der Waals surface area contributed by atoms with Crippen molar-refractivity contribution in [2.75, 3.05) is 6.54 Å². The monoisotopic (exact) mass is 501 g/mol. The van der Waals surface area contributed by atoms with Gasteiger partial charge in [0.05, 0.1) is 5.56 Å². The van der Waals surface area contributed by atoms with Gasteiger partial charge in [0, 0.05) is 65.9 Å². The van der Waals surface area contributed by atoms with Crippen LogP contribution in [0.15, 0.2) is 53.6 Å². The largest absolute Gasteiger partial charge is 0.366 e. The van der Waals surface area contributed by atoms with Gasteiger partial charge in [-0.2, -0.15) is 0 Å². The number of halogens is 2. The van der Waals surface area contributed by atoms with Crippen molar-refractivity contribution in [2.24, 2.45) is 18.5 Å². The van der Waals surface area contributed by atoms with Gasteiger partial charge in [-0.15, -0.1) is 0 Å². The summed E-state index contributed by atoms with van der Waals surface area (Å²) in [6.45, 7) is 0.483. The summed E-state index contributed by atoms with van der Waals surface area (Å²) in [5.41, 5.74) is 13.4. The van der Waals surface area contributed by atoms with Gasteiger partial charge in [0.1, 0.15) is 17.3 Å². The minimum atomic E-state index is -0.841. The van der Waals surface area contributed by atoms with E-state index >= 15 is 0 Å². The fourth-order valence-electron chi connectivity index (χ4n) is 4.71. The van der Waals surface area contributed by atoms with E-state index in [4.69, 9.17) is 11.5 Å². The molecule has 1 fully saturated rings. The summed E-state index contributed by atoms with van der Waals surface area (Å²) >= 11 is 0. The second-order valence-electron chi connectivity index (χ2n) is 9.44. The highest BCUT2D eigenvalue weighted by Gasteiger charge is 2.44. The number of nitrogens with zero attached hydrogens (tertiary/aromatic N) is 2. The first-order valence-electron chi connectivity index (χ1n) is 11.9. The number of aryl methyl sites for hydroxylation is 1. The normalized spacial score (nSPS) is 14.7. The van der Waals surface area contributed by atoms with Crippen LogP contribution in [0, 0.1) is 23.5 Å². The van der Waals surface area contributed by atoms with Crippen molar-refractivity contribution >= 4 is 16.9 Å². The number of rotatable bonds is 6. The Hall–Kier alpha value is -4.29. The molecule has 5 rings (SSSR count). The van der Waals surface area contributed by atoms with Crippen LogP contribution in [-0.4, -0.2) is 27.0 Å². The Bertz CT molecular complexity index is 1660. The van der Waals surface area contributed by atoms with Crippen molar-refractivity contribution < 1.29 is 13.6 Å². The first-order valence-corrected chi connectivity index (χ1v) is 11.9. The van der Waals surface area contributed by atoms with Crippen LogP contribution in [0.3, 0.4) is 0 Å². The number of primary amides is 1. The van der Waals surface area contributed by atoms with Gasteiger partial charge in [0.25, 0.3) is 11.5 Å². The number of carbonyl (C=O) groups excluding carboxylic acids is 1. The maximum absolute atomic E-state index is 14.8. The maximum Gasteiger partial charge on any atom is 0.254 e. The molecule has 4 aromatic rings. The summed E-state index contributed by atoms with van der Waals surface area (Å²) in [7, 11) is 1.58. The first-order chi connectivity index (χ1) is 17.7. The molecule has 5 N–H and O–H groups in total. The third-order valence-corrected chi connectivity index (χ3v) is 7.12. The van der Waals surface area contributed by atoms with Gasteiger partial charge in [-0.3, -0.25) is 9.59 Å². The Balaban J connectivity index is 1.62. The van der Waals surface area contributed by atoms with E-state index in [-0.39, 0.29) is 34.1 Å². The minimum Gasteiger partial charge on any atom is -0.366 e. The van der Waals surface area contributed by atoms with Crippen LogP contribution in [0.2, 0.25) is 0 Å². The van der Waals surface area contributed by atoms with Crippen molar-refractivity contribution in [3.8, 4) is 11.8 Å². The summed E-state index contributed by atoms with van der Waals surface area (Å²) in [6.07, 6.45) is 4.85. The molecule has 37 heavy (non-hydrogen) atoms. The number of fused-ring (bicyclic) bond motifs is 1. The second-order valence-corrected chi connectivity index (χ2v) is 9.44. The average molecular weight is 502 g/mol. The molecule has 7 nitrogen and oxygen atoms in total. The molecule has 3 heterocycles. The highest BCUT2D eigenvalue weighted by Crippen LogP contribution is 2.47. The molecule has 1 saturated carbocycles. The minimum absolute atomic E-state index is 0.00827. The summed E-state index contributed by atoms with van der Waals surface area (Å²) in [6, 6.07) is 8.28. The molecule has 0 radical (unpaired) electrons. The van der Waals surface area contributed by atoms with E-state index in [0.717, 1.165) is 36.7 Å². The number of aromatic amines is 1. The molecule has 0 aliphatic heterocycles. The van der Waals surface area contributed by atoms with Gasteiger partial charge in [0.15, 0.2) is 0 Å². The lowest BCUT2D eigenvalue weighted by Gasteiger charge is -2.16. The Morgan fingerprint density at radius 3 is 2.73 bits per heavy atom. The predicted molar refractivity (Wildman–Crippen MR) is 136 cm³/mol. The van der Waals surface area contributed by atoms with Gasteiger partial charge in [0.2, 0.25) is 0 Å². The van der Waals surface area contributed by atoms with Crippen molar-refractivity contribution in [2.45, 2.75) is 30.6 Å². The number of H-pyrrole nitrogens is 1. The highest BCUT2D eigenvalue weighted by atomic mass is 19.1. The van der Waals surface area contributed by atoms with Crippen LogP contribution in [0.5, 0.6) is 0 Å². The Morgan fingerprint density at radius 2 is 2.03 bits per heavy atom. The lowest BCUT2D eigenvalue weighted by atomic mass is 9.88. The third-order valence-electron chi connectivity index (χ3n) is 7.12. The number of hydrogen-bond acceptors (Lipinski definition) is 4. The van der Waals surface area contributed by atoms with Crippen molar-refractivity contribution in [1.29, 1.82) is 0 Å². The number of aromatic nitrogens is 3. The van der Waals surface area contributed by atoms with Crippen molar-refractivity contribution in [1.82, 2.24) is 14.5 Å². The van der Waals surface area contributed by atoms with Crippen molar-refractivity contribution in [3.63, 3.8) is 0 Å². The molecule has 1 aliphatic rings. The van der Waals surface area contributed by atoms with Crippen LogP contribution < -0.4 is 17.0 Å². The molecule has 1 unspecified atom stereocenters. The van der Waals surface area contributed by atoms with Gasteiger partial charge < -0.3 is 21.0 Å². The fraction of sp³-hybridized carbons (Fsp3) is 0.250. The number of amides is 1. The summed E-state index contributed by atoms with van der Waals surface area (Å²) in [4.78, 5) is 32.7. The maximum atomic E-state index is 14.8. The number of nitrogens with one attached hydrogen (secondary N) is 1. The van der Waals surface area contributed by atoms with Crippen LogP contribution >= 0.6 is 0 Å². The van der Waals surface area contributed by atoms with E-state index in [1.165, 1.54) is 10.8 Å². The third kappa shape index (κ3) is 4.41. The molecular formula is C28H25F2N5O2. The lowest BCUT2D eigenvalue weighted by molar-refractivity contribution is 0.1000. The predicted octanol–water partition coefficient (Wildman–Crippen LogP) is 3.20. The number of pyridine rings is 2. The molecule has 1 amide bonds.